The van der Waals surface area contributed by atoms with E-state index in [0.717, 1.165) is 0 Å². The molecule has 4 nitrogen and oxygen atoms in total. The van der Waals surface area contributed by atoms with Gasteiger partial charge in [-0.3, -0.25) is 0 Å². The van der Waals surface area contributed by atoms with Gasteiger partial charge in [0.1, 0.15) is 0 Å². The Hall–Kier alpha value is -1.62. The number of aromatic carboxylic acids is 2. The summed E-state index contributed by atoms with van der Waals surface area (Å²) >= 11 is 3.01. The third-order valence-corrected chi connectivity index (χ3v) is 2.39. The number of aryl methyl sites for hydroxylation is 1. The summed E-state index contributed by atoms with van der Waals surface area (Å²) in [6.07, 6.45) is 1.42. The molecule has 0 bridgehead atoms. The fraction of sp³-hybridized carbons (Fsp3) is 0.0909. The second kappa shape index (κ2) is 4.94. The van der Waals surface area contributed by atoms with Crippen molar-refractivity contribution in [3.05, 3.63) is 39.4 Å². The molecule has 0 radical (unpaired) electrons. The Balaban J connectivity index is 3.62. The van der Waals surface area contributed by atoms with Crippen LogP contribution in [0.3, 0.4) is 0 Å². The van der Waals surface area contributed by atoms with Crippen LogP contribution >= 0.6 is 15.9 Å². The molecule has 0 saturated carbocycles. The van der Waals surface area contributed by atoms with Crippen LogP contribution in [-0.2, 0) is 0 Å². The van der Waals surface area contributed by atoms with Crippen molar-refractivity contribution < 1.29 is 19.8 Å². The number of carbonyl (C=O) groups is 2. The normalized spacial score (nSPS) is 10.6. The first-order chi connectivity index (χ1) is 7.49. The molecule has 0 amide bonds. The lowest BCUT2D eigenvalue weighted by Gasteiger charge is -2.08. The Bertz CT molecular complexity index is 477. The highest BCUT2D eigenvalue weighted by molar-refractivity contribution is 9.11. The van der Waals surface area contributed by atoms with Gasteiger partial charge in [-0.05, 0) is 29.6 Å². The third-order valence-electron chi connectivity index (χ3n) is 2.13. The highest BCUT2D eigenvalue weighted by Gasteiger charge is 2.18. The van der Waals surface area contributed by atoms with Crippen molar-refractivity contribution in [2.75, 3.05) is 0 Å². The monoisotopic (exact) mass is 284 g/mol. The first-order valence-corrected chi connectivity index (χ1v) is 5.27. The number of hydrogen-bond donors (Lipinski definition) is 2. The molecular weight excluding hydrogens is 276 g/mol. The van der Waals surface area contributed by atoms with Gasteiger partial charge in [-0.15, -0.1) is 0 Å². The van der Waals surface area contributed by atoms with Gasteiger partial charge >= 0.3 is 11.9 Å². The van der Waals surface area contributed by atoms with Gasteiger partial charge < -0.3 is 10.2 Å². The Morgan fingerprint density at radius 2 is 1.88 bits per heavy atom. The second-order valence-corrected chi connectivity index (χ2v) is 3.65. The number of hydrogen-bond acceptors (Lipinski definition) is 2. The molecular formula is C11H9BrO4. The van der Waals surface area contributed by atoms with Gasteiger partial charge in [0.15, 0.2) is 0 Å². The predicted octanol–water partition coefficient (Wildman–Crippen LogP) is 2.76. The largest absolute Gasteiger partial charge is 0.478 e. The standard InChI is InChI=1S/C11H9BrO4/c1-6-2-3-8(10(13)14)7(4-5-12)9(6)11(15)16/h2-5H,1H3,(H,13,14)(H,15,16)/b5-4+. The Labute approximate surface area is 100 Å². The van der Waals surface area contributed by atoms with Gasteiger partial charge in [0, 0.05) is 5.56 Å². The van der Waals surface area contributed by atoms with E-state index in [9.17, 15) is 9.59 Å². The maximum absolute atomic E-state index is 11.1. The zero-order valence-corrected chi connectivity index (χ0v) is 9.98. The third kappa shape index (κ3) is 2.30. The first-order valence-electron chi connectivity index (χ1n) is 4.36. The molecule has 0 spiro atoms. The summed E-state index contributed by atoms with van der Waals surface area (Å²) in [4.78, 5) is 23.4. The first kappa shape index (κ1) is 12.4. The molecule has 1 aromatic rings. The van der Waals surface area contributed by atoms with E-state index in [0.29, 0.717) is 5.56 Å². The number of halogens is 1. The number of carboxylic acids is 2. The Morgan fingerprint density at radius 3 is 2.31 bits per heavy atom. The molecule has 16 heavy (non-hydrogen) atoms. The Morgan fingerprint density at radius 1 is 1.25 bits per heavy atom. The number of carboxylic acid groups (broad SMARTS) is 2. The minimum Gasteiger partial charge on any atom is -0.478 e. The molecule has 84 valence electrons. The van der Waals surface area contributed by atoms with Crippen LogP contribution in [0.1, 0.15) is 31.8 Å². The van der Waals surface area contributed by atoms with Gasteiger partial charge in [0.2, 0.25) is 0 Å². The second-order valence-electron chi connectivity index (χ2n) is 3.12. The Kier molecular flexibility index (Phi) is 3.84. The van der Waals surface area contributed by atoms with Crippen LogP contribution in [0.4, 0.5) is 0 Å². The van der Waals surface area contributed by atoms with Crippen LogP contribution in [0.5, 0.6) is 0 Å². The van der Waals surface area contributed by atoms with Crippen molar-refractivity contribution in [1.29, 1.82) is 0 Å². The SMILES string of the molecule is Cc1ccc(C(=O)O)c(/C=C/Br)c1C(=O)O. The van der Waals surface area contributed by atoms with E-state index in [-0.39, 0.29) is 16.7 Å². The van der Waals surface area contributed by atoms with Gasteiger partial charge in [0.05, 0.1) is 11.1 Å². The minimum absolute atomic E-state index is 0.00981. The molecule has 0 aliphatic carbocycles. The molecule has 0 aliphatic heterocycles. The average Bonchev–Trinajstić information content (AvgIpc) is 2.17. The van der Waals surface area contributed by atoms with Crippen molar-refractivity contribution in [3.8, 4) is 0 Å². The van der Waals surface area contributed by atoms with E-state index < -0.39 is 11.9 Å². The van der Waals surface area contributed by atoms with Crippen molar-refractivity contribution in [1.82, 2.24) is 0 Å². The topological polar surface area (TPSA) is 74.6 Å². The number of rotatable bonds is 3. The smallest absolute Gasteiger partial charge is 0.336 e. The van der Waals surface area contributed by atoms with E-state index in [1.165, 1.54) is 23.2 Å². The van der Waals surface area contributed by atoms with E-state index in [1.54, 1.807) is 6.92 Å². The minimum atomic E-state index is -1.15. The van der Waals surface area contributed by atoms with Crippen LogP contribution in [0.2, 0.25) is 0 Å². The summed E-state index contributed by atoms with van der Waals surface area (Å²) in [6.45, 7) is 1.63. The van der Waals surface area contributed by atoms with E-state index in [4.69, 9.17) is 10.2 Å². The van der Waals surface area contributed by atoms with Crippen LogP contribution in [0.15, 0.2) is 17.1 Å². The van der Waals surface area contributed by atoms with Crippen molar-refractivity contribution in [2.45, 2.75) is 6.92 Å². The van der Waals surface area contributed by atoms with E-state index in [1.807, 2.05) is 0 Å². The molecule has 0 aromatic heterocycles. The fourth-order valence-electron chi connectivity index (χ4n) is 1.44. The maximum atomic E-state index is 11.1. The molecule has 0 aliphatic rings. The van der Waals surface area contributed by atoms with Crippen LogP contribution in [0, 0.1) is 6.92 Å². The zero-order valence-electron chi connectivity index (χ0n) is 8.40. The van der Waals surface area contributed by atoms with E-state index in [2.05, 4.69) is 15.9 Å². The van der Waals surface area contributed by atoms with Crippen LogP contribution < -0.4 is 0 Å². The highest BCUT2D eigenvalue weighted by atomic mass is 79.9. The quantitative estimate of drug-likeness (QED) is 0.895. The number of benzene rings is 1. The summed E-state index contributed by atoms with van der Waals surface area (Å²) in [5, 5.41) is 18.0. The molecule has 1 aromatic carbocycles. The molecule has 0 unspecified atom stereocenters. The van der Waals surface area contributed by atoms with Gasteiger partial charge in [0.25, 0.3) is 0 Å². The van der Waals surface area contributed by atoms with Gasteiger partial charge in [-0.1, -0.05) is 22.0 Å². The lowest BCUT2D eigenvalue weighted by Crippen LogP contribution is -2.09. The van der Waals surface area contributed by atoms with Gasteiger partial charge in [-0.25, -0.2) is 9.59 Å². The molecule has 0 fully saturated rings. The fourth-order valence-corrected chi connectivity index (χ4v) is 1.70. The van der Waals surface area contributed by atoms with Crippen molar-refractivity contribution in [3.63, 3.8) is 0 Å². The summed E-state index contributed by atoms with van der Waals surface area (Å²) in [6, 6.07) is 2.88. The molecule has 0 saturated heterocycles. The molecule has 2 N–H and O–H groups in total. The lowest BCUT2D eigenvalue weighted by molar-refractivity contribution is 0.0695. The van der Waals surface area contributed by atoms with Gasteiger partial charge in [-0.2, -0.15) is 0 Å². The summed E-state index contributed by atoms with van der Waals surface area (Å²) < 4.78 is 0. The average molecular weight is 285 g/mol. The molecule has 0 atom stereocenters. The molecule has 1 rings (SSSR count). The maximum Gasteiger partial charge on any atom is 0.336 e. The highest BCUT2D eigenvalue weighted by Crippen LogP contribution is 2.21. The lowest BCUT2D eigenvalue weighted by atomic mass is 9.96. The van der Waals surface area contributed by atoms with Crippen molar-refractivity contribution in [2.24, 2.45) is 0 Å². The predicted molar refractivity (Wildman–Crippen MR) is 63.1 cm³/mol. The molecule has 5 heteroatoms. The van der Waals surface area contributed by atoms with Crippen LogP contribution in [0.25, 0.3) is 6.08 Å². The molecule has 0 heterocycles. The summed E-state index contributed by atoms with van der Waals surface area (Å²) in [5.41, 5.74) is 0.698. The van der Waals surface area contributed by atoms with Crippen LogP contribution in [-0.4, -0.2) is 22.2 Å². The summed E-state index contributed by atoms with van der Waals surface area (Å²) in [5.74, 6) is -2.29. The zero-order chi connectivity index (χ0) is 12.3. The summed E-state index contributed by atoms with van der Waals surface area (Å²) in [7, 11) is 0. The van der Waals surface area contributed by atoms with Crippen molar-refractivity contribution >= 4 is 33.9 Å². The van der Waals surface area contributed by atoms with E-state index >= 15 is 0 Å².